The molecule has 0 bridgehead atoms. The van der Waals surface area contributed by atoms with Crippen molar-refractivity contribution in [2.45, 2.75) is 26.2 Å². The molecule has 0 unspecified atom stereocenters. The number of nitrogens with zero attached hydrogens (tertiary/aromatic N) is 1. The lowest BCUT2D eigenvalue weighted by atomic mass is 9.84. The molecule has 8 heteroatoms. The Kier molecular flexibility index (Phi) is 8.49. The molecule has 1 atom stereocenters. The van der Waals surface area contributed by atoms with E-state index < -0.39 is 11.9 Å². The number of rotatable bonds is 9. The minimum absolute atomic E-state index is 0.0627. The van der Waals surface area contributed by atoms with Gasteiger partial charge in [-0.1, -0.05) is 67.2 Å². The number of nitriles is 1. The first-order chi connectivity index (χ1) is 18.1. The second-order valence-corrected chi connectivity index (χ2v) is 9.14. The molecule has 188 valence electrons. The number of amides is 1. The van der Waals surface area contributed by atoms with Crippen LogP contribution in [0.25, 0.3) is 5.70 Å². The maximum absolute atomic E-state index is 13.2. The molecule has 0 saturated heterocycles. The highest BCUT2D eigenvalue weighted by molar-refractivity contribution is 8.03. The Labute approximate surface area is 220 Å². The molecular formula is C29H27N3O4S. The highest BCUT2D eigenvalue weighted by atomic mass is 32.2. The number of anilines is 1. The summed E-state index contributed by atoms with van der Waals surface area (Å²) in [5.74, 6) is -1.03. The van der Waals surface area contributed by atoms with Crippen molar-refractivity contribution >= 4 is 35.0 Å². The number of thioether (sulfide) groups is 1. The van der Waals surface area contributed by atoms with Crippen LogP contribution in [0.3, 0.4) is 0 Å². The third-order valence-electron chi connectivity index (χ3n) is 5.86. The zero-order valence-corrected chi connectivity index (χ0v) is 21.4. The maximum Gasteiger partial charge on any atom is 0.337 e. The molecule has 3 aromatic rings. The number of nitrogens with one attached hydrogen (secondary N) is 2. The summed E-state index contributed by atoms with van der Waals surface area (Å²) < 4.78 is 11.1. The molecule has 0 fully saturated rings. The Bertz CT molecular complexity index is 1370. The average Bonchev–Trinajstić information content (AvgIpc) is 3.46. The molecule has 1 aliphatic rings. The van der Waals surface area contributed by atoms with Gasteiger partial charge in [0.2, 0.25) is 5.91 Å². The molecule has 4 rings (SSSR count). The van der Waals surface area contributed by atoms with Crippen molar-refractivity contribution in [1.29, 1.82) is 5.26 Å². The summed E-state index contributed by atoms with van der Waals surface area (Å²) >= 11 is 1.20. The van der Waals surface area contributed by atoms with E-state index in [1.165, 1.54) is 18.0 Å². The van der Waals surface area contributed by atoms with Gasteiger partial charge in [0.25, 0.3) is 0 Å². The van der Waals surface area contributed by atoms with Gasteiger partial charge in [-0.05, 0) is 42.7 Å². The first kappa shape index (κ1) is 25.9. The molecule has 7 nitrogen and oxygen atoms in total. The van der Waals surface area contributed by atoms with Gasteiger partial charge in [0.1, 0.15) is 5.76 Å². The van der Waals surface area contributed by atoms with Gasteiger partial charge in [-0.2, -0.15) is 5.26 Å². The summed E-state index contributed by atoms with van der Waals surface area (Å²) in [5, 5.41) is 16.9. The summed E-state index contributed by atoms with van der Waals surface area (Å²) in [5.41, 5.74) is 3.64. The van der Waals surface area contributed by atoms with Crippen molar-refractivity contribution in [3.8, 4) is 6.07 Å². The lowest BCUT2D eigenvalue weighted by Crippen LogP contribution is -2.29. The smallest absolute Gasteiger partial charge is 0.337 e. The number of aryl methyl sites for hydroxylation is 1. The van der Waals surface area contributed by atoms with Crippen LogP contribution in [-0.4, -0.2) is 24.2 Å². The topological polar surface area (TPSA) is 104 Å². The zero-order chi connectivity index (χ0) is 26.2. The fourth-order valence-electron chi connectivity index (χ4n) is 4.17. The van der Waals surface area contributed by atoms with Crippen LogP contribution in [0.4, 0.5) is 5.69 Å². The van der Waals surface area contributed by atoms with E-state index in [0.717, 1.165) is 23.2 Å². The van der Waals surface area contributed by atoms with E-state index in [4.69, 9.17) is 9.15 Å². The van der Waals surface area contributed by atoms with E-state index in [-0.39, 0.29) is 29.4 Å². The van der Waals surface area contributed by atoms with Crippen LogP contribution < -0.4 is 10.6 Å². The van der Waals surface area contributed by atoms with Gasteiger partial charge >= 0.3 is 5.97 Å². The Morgan fingerprint density at radius 1 is 1.08 bits per heavy atom. The van der Waals surface area contributed by atoms with Crippen LogP contribution in [0.1, 0.15) is 36.7 Å². The van der Waals surface area contributed by atoms with Crippen LogP contribution >= 0.6 is 11.8 Å². The van der Waals surface area contributed by atoms with Crippen molar-refractivity contribution in [2.24, 2.45) is 0 Å². The normalized spacial score (nSPS) is 15.1. The van der Waals surface area contributed by atoms with Crippen molar-refractivity contribution in [2.75, 3.05) is 17.7 Å². The number of para-hydroxylation sites is 1. The first-order valence-corrected chi connectivity index (χ1v) is 13.0. The van der Waals surface area contributed by atoms with E-state index >= 15 is 0 Å². The number of hydrogen-bond donors (Lipinski definition) is 2. The molecule has 0 saturated carbocycles. The van der Waals surface area contributed by atoms with Crippen LogP contribution in [-0.2, 0) is 20.7 Å². The molecule has 0 spiro atoms. The summed E-state index contributed by atoms with van der Waals surface area (Å²) in [7, 11) is 0. The second-order valence-electron chi connectivity index (χ2n) is 8.15. The lowest BCUT2D eigenvalue weighted by molar-refractivity contribution is -0.138. The minimum atomic E-state index is -0.790. The first-order valence-electron chi connectivity index (χ1n) is 12.0. The molecule has 37 heavy (non-hydrogen) atoms. The zero-order valence-electron chi connectivity index (χ0n) is 20.6. The van der Waals surface area contributed by atoms with E-state index in [2.05, 4.69) is 16.7 Å². The van der Waals surface area contributed by atoms with Gasteiger partial charge < -0.3 is 19.8 Å². The van der Waals surface area contributed by atoms with E-state index in [0.29, 0.717) is 16.5 Å². The number of allylic oxidation sites excluding steroid dienone is 1. The highest BCUT2D eigenvalue weighted by Gasteiger charge is 2.38. The average molecular weight is 514 g/mol. The maximum atomic E-state index is 13.2. The number of furan rings is 1. The second kappa shape index (κ2) is 12.2. The van der Waals surface area contributed by atoms with Crippen molar-refractivity contribution in [3.63, 3.8) is 0 Å². The van der Waals surface area contributed by atoms with Gasteiger partial charge in [0, 0.05) is 5.69 Å². The minimum Gasteiger partial charge on any atom is -0.468 e. The summed E-state index contributed by atoms with van der Waals surface area (Å²) in [6.45, 7) is 3.95. The van der Waals surface area contributed by atoms with E-state index in [1.807, 2.05) is 61.5 Å². The molecule has 0 aliphatic carbocycles. The van der Waals surface area contributed by atoms with Crippen LogP contribution in [0.5, 0.6) is 0 Å². The number of esters is 1. The molecule has 2 aromatic carbocycles. The Balaban J connectivity index is 1.71. The third-order valence-corrected chi connectivity index (χ3v) is 6.87. The summed E-state index contributed by atoms with van der Waals surface area (Å²) in [6, 6.07) is 22.7. The summed E-state index contributed by atoms with van der Waals surface area (Å²) in [4.78, 5) is 26.1. The molecule has 0 radical (unpaired) electrons. The number of hydrogen-bond acceptors (Lipinski definition) is 7. The third kappa shape index (κ3) is 5.79. The van der Waals surface area contributed by atoms with E-state index in [1.54, 1.807) is 19.1 Å². The van der Waals surface area contributed by atoms with Gasteiger partial charge in [0.05, 0.1) is 52.5 Å². The number of carbonyl (C=O) groups excluding carboxylic acids is 2. The molecule has 1 aromatic heterocycles. The van der Waals surface area contributed by atoms with Crippen LogP contribution in [0.2, 0.25) is 0 Å². The standard InChI is InChI=1S/C29H27N3O4S/c1-3-19-11-8-9-14-22(19)31-24(33)18-37-28-21(17-30)25(23-15-10-16-36-23)26(29(34)35-4-2)27(32-28)20-12-6-5-7-13-20/h5-16,25,32H,3-4,18H2,1-2H3,(H,31,33)/t25-/m1/s1. The molecule has 2 N–H and O–H groups in total. The van der Waals surface area contributed by atoms with E-state index in [9.17, 15) is 14.9 Å². The van der Waals surface area contributed by atoms with Gasteiger partial charge in [0.15, 0.2) is 0 Å². The quantitative estimate of drug-likeness (QED) is 0.358. The summed E-state index contributed by atoms with van der Waals surface area (Å²) in [6.07, 6.45) is 2.30. The monoisotopic (exact) mass is 513 g/mol. The Morgan fingerprint density at radius 2 is 1.84 bits per heavy atom. The van der Waals surface area contributed by atoms with Crippen molar-refractivity contribution in [3.05, 3.63) is 106 Å². The molecule has 2 heterocycles. The van der Waals surface area contributed by atoms with Crippen molar-refractivity contribution in [1.82, 2.24) is 5.32 Å². The Hall–Kier alpha value is -4.22. The SMILES string of the molecule is CCOC(=O)C1=C(c2ccccc2)NC(SCC(=O)Nc2ccccc2CC)=C(C#N)[C@@H]1c1ccco1. The number of carbonyl (C=O) groups is 2. The van der Waals surface area contributed by atoms with Crippen LogP contribution in [0, 0.1) is 11.3 Å². The molecular weight excluding hydrogens is 486 g/mol. The van der Waals surface area contributed by atoms with Gasteiger partial charge in [-0.25, -0.2) is 4.79 Å². The largest absolute Gasteiger partial charge is 0.468 e. The fourth-order valence-corrected chi connectivity index (χ4v) is 5.01. The van der Waals surface area contributed by atoms with Crippen molar-refractivity contribution < 1.29 is 18.7 Å². The van der Waals surface area contributed by atoms with Crippen LogP contribution in [0.15, 0.2) is 93.6 Å². The lowest BCUT2D eigenvalue weighted by Gasteiger charge is -2.29. The number of ether oxygens (including phenoxy) is 1. The Morgan fingerprint density at radius 3 is 2.51 bits per heavy atom. The highest BCUT2D eigenvalue weighted by Crippen LogP contribution is 2.43. The molecule has 1 amide bonds. The van der Waals surface area contributed by atoms with Gasteiger partial charge in [-0.3, -0.25) is 4.79 Å². The van der Waals surface area contributed by atoms with Gasteiger partial charge in [-0.15, -0.1) is 0 Å². The number of dihydropyridines is 1. The molecule has 1 aliphatic heterocycles. The number of benzene rings is 2. The fraction of sp³-hybridized carbons (Fsp3) is 0.207. The predicted octanol–water partition coefficient (Wildman–Crippen LogP) is 5.61. The predicted molar refractivity (Wildman–Crippen MR) is 144 cm³/mol.